The lowest BCUT2D eigenvalue weighted by Gasteiger charge is -1.86. The lowest BCUT2D eigenvalue weighted by atomic mass is 10.4. The molecule has 0 saturated carbocycles. The van der Waals surface area contributed by atoms with Crippen molar-refractivity contribution >= 4 is 27.8 Å². The number of nitrogens with zero attached hydrogens (tertiary/aromatic N) is 1. The van der Waals surface area contributed by atoms with Crippen molar-refractivity contribution in [1.82, 2.24) is 0 Å². The van der Waals surface area contributed by atoms with E-state index in [0.717, 1.165) is 12.1 Å². The van der Waals surface area contributed by atoms with Crippen LogP contribution < -0.4 is 55.2 Å². The molecule has 0 spiro atoms. The summed E-state index contributed by atoms with van der Waals surface area (Å²) in [6.07, 6.45) is 2.71. The first-order valence-corrected chi connectivity index (χ1v) is 7.19. The maximum Gasteiger partial charge on any atom is 0.355 e. The Kier molecular flexibility index (Phi) is 11.6. The topological polar surface area (TPSA) is 90.3 Å². The fraction of sp³-hybridized carbons (Fsp3) is 0.455. The molecule has 2 aromatic heterocycles. The molecule has 2 aromatic rings. The van der Waals surface area contributed by atoms with E-state index in [1.165, 1.54) is 30.8 Å². The van der Waals surface area contributed by atoms with Gasteiger partial charge in [0.25, 0.3) is 0 Å². The third kappa shape index (κ3) is 6.49. The van der Waals surface area contributed by atoms with E-state index in [-0.39, 0.29) is 40.6 Å². The largest absolute Gasteiger partial charge is 1.00 e. The molecule has 0 amide bonds. The summed E-state index contributed by atoms with van der Waals surface area (Å²) in [5, 5.41) is 10.4. The Hall–Kier alpha value is -0.220. The third-order valence-corrected chi connectivity index (χ3v) is 4.46. The molecule has 2 heterocycles. The highest BCUT2D eigenvalue weighted by molar-refractivity contribution is 7.15. The monoisotopic (exact) mass is 446 g/mol. The lowest BCUT2D eigenvalue weighted by Crippen LogP contribution is -3.00. The minimum Gasteiger partial charge on any atom is -1.00 e. The van der Waals surface area contributed by atoms with Gasteiger partial charge in [-0.15, -0.1) is 4.68 Å². The Morgan fingerprint density at radius 2 is 1.85 bits per heavy atom. The van der Waals surface area contributed by atoms with Gasteiger partial charge in [-0.3, -0.25) is 11.6 Å². The van der Waals surface area contributed by atoms with Gasteiger partial charge in [-0.05, 0) is 18.3 Å². The number of aromatic nitrogens is 2. The highest BCUT2D eigenvalue weighted by Gasteiger charge is 2.10. The molecule has 6 N–H and O–H groups in total. The van der Waals surface area contributed by atoms with Crippen molar-refractivity contribution in [3.63, 3.8) is 0 Å². The van der Waals surface area contributed by atoms with Crippen molar-refractivity contribution in [3.8, 4) is 0 Å². The number of aliphatic hydroxyl groups excluding tert-OH is 1. The SMILES string of the molecule is Cc1[nH+]cc(CCO)s1.Cc1sc(N)[n+](N)c1C.[Br-].[Br-]. The molecule has 0 atom stereocenters. The molecule has 116 valence electrons. The van der Waals surface area contributed by atoms with Gasteiger partial charge in [-0.1, -0.05) is 11.3 Å². The highest BCUT2D eigenvalue weighted by atomic mass is 79.9. The van der Waals surface area contributed by atoms with E-state index in [9.17, 15) is 0 Å². The third-order valence-electron chi connectivity index (χ3n) is 2.44. The molecule has 0 aliphatic rings. The van der Waals surface area contributed by atoms with Crippen LogP contribution >= 0.6 is 22.7 Å². The van der Waals surface area contributed by atoms with Gasteiger partial charge in [0.1, 0.15) is 5.69 Å². The van der Waals surface area contributed by atoms with Crippen LogP contribution in [0.15, 0.2) is 6.20 Å². The number of rotatable bonds is 2. The smallest absolute Gasteiger partial charge is 0.355 e. The minimum absolute atomic E-state index is 0. The van der Waals surface area contributed by atoms with Crippen LogP contribution in [0.4, 0.5) is 5.13 Å². The number of aryl methyl sites for hydroxylation is 2. The van der Waals surface area contributed by atoms with Crippen molar-refractivity contribution in [2.45, 2.75) is 27.2 Å². The second-order valence-electron chi connectivity index (χ2n) is 3.84. The molecule has 0 aromatic carbocycles. The first-order chi connectivity index (χ1) is 8.45. The first kappa shape index (κ1) is 22.1. The molecule has 0 saturated heterocycles. The maximum absolute atomic E-state index is 8.52. The van der Waals surface area contributed by atoms with Crippen LogP contribution in [-0.2, 0) is 6.42 Å². The number of thiazole rings is 2. The zero-order valence-corrected chi connectivity index (χ0v) is 16.4. The van der Waals surface area contributed by atoms with Gasteiger partial charge in [0.05, 0.1) is 9.75 Å². The number of hydrogen-bond acceptors (Lipinski definition) is 5. The second kappa shape index (κ2) is 10.5. The van der Waals surface area contributed by atoms with E-state index < -0.39 is 0 Å². The van der Waals surface area contributed by atoms with Gasteiger partial charge in [0.15, 0.2) is 6.20 Å². The fourth-order valence-corrected chi connectivity index (χ4v) is 2.90. The predicted molar refractivity (Wildman–Crippen MR) is 75.0 cm³/mol. The zero-order valence-electron chi connectivity index (χ0n) is 11.6. The van der Waals surface area contributed by atoms with Crippen molar-refractivity contribution in [3.05, 3.63) is 26.7 Å². The molecule has 0 unspecified atom stereocenters. The summed E-state index contributed by atoms with van der Waals surface area (Å²) < 4.78 is 1.50. The molecule has 9 heteroatoms. The minimum atomic E-state index is 0. The van der Waals surface area contributed by atoms with E-state index in [4.69, 9.17) is 16.7 Å². The number of hydrogen-bond donors (Lipinski definition) is 3. The van der Waals surface area contributed by atoms with Gasteiger partial charge in [-0.2, -0.15) is 0 Å². The van der Waals surface area contributed by atoms with Crippen LogP contribution in [0.5, 0.6) is 0 Å². The Labute approximate surface area is 148 Å². The van der Waals surface area contributed by atoms with Crippen molar-refractivity contribution < 1.29 is 48.7 Å². The Bertz CT molecular complexity index is 494. The van der Waals surface area contributed by atoms with E-state index in [0.29, 0.717) is 5.13 Å². The summed E-state index contributed by atoms with van der Waals surface area (Å²) in [5.41, 5.74) is 6.54. The van der Waals surface area contributed by atoms with Crippen LogP contribution in [0.1, 0.15) is 20.5 Å². The van der Waals surface area contributed by atoms with Gasteiger partial charge in [-0.25, -0.2) is 4.98 Å². The van der Waals surface area contributed by atoms with Crippen LogP contribution in [0.3, 0.4) is 0 Å². The fourth-order valence-electron chi connectivity index (χ4n) is 1.29. The molecular weight excluding hydrogens is 428 g/mol. The van der Waals surface area contributed by atoms with Gasteiger partial charge in [0, 0.05) is 26.9 Å². The molecule has 0 aliphatic heterocycles. The predicted octanol–water partition coefficient (Wildman–Crippen LogP) is -5.64. The van der Waals surface area contributed by atoms with Gasteiger partial charge in [0.2, 0.25) is 5.01 Å². The Morgan fingerprint density at radius 3 is 2.10 bits per heavy atom. The summed E-state index contributed by atoms with van der Waals surface area (Å²) in [6, 6.07) is 0. The molecular formula is C11H20Br2N4OS2. The lowest BCUT2D eigenvalue weighted by molar-refractivity contribution is -0.626. The quantitative estimate of drug-likeness (QED) is 0.316. The number of H-pyrrole nitrogens is 1. The number of aliphatic hydroxyl groups is 1. The number of aromatic amines is 1. The van der Waals surface area contributed by atoms with Gasteiger partial charge >= 0.3 is 5.13 Å². The van der Waals surface area contributed by atoms with Crippen LogP contribution in [-0.4, -0.2) is 11.7 Å². The summed E-state index contributed by atoms with van der Waals surface area (Å²) in [7, 11) is 0. The second-order valence-corrected chi connectivity index (χ2v) is 6.41. The van der Waals surface area contributed by atoms with Crippen LogP contribution in [0.25, 0.3) is 0 Å². The zero-order chi connectivity index (χ0) is 13.7. The molecule has 20 heavy (non-hydrogen) atoms. The molecule has 0 radical (unpaired) electrons. The number of halogens is 2. The van der Waals surface area contributed by atoms with E-state index in [1.54, 1.807) is 11.3 Å². The van der Waals surface area contributed by atoms with Crippen molar-refractivity contribution in [2.24, 2.45) is 0 Å². The maximum atomic E-state index is 8.52. The summed E-state index contributed by atoms with van der Waals surface area (Å²) >= 11 is 3.21. The Morgan fingerprint density at radius 1 is 1.25 bits per heavy atom. The summed E-state index contributed by atoms with van der Waals surface area (Å²) in [5.74, 6) is 5.50. The summed E-state index contributed by atoms with van der Waals surface area (Å²) in [4.78, 5) is 5.45. The normalized spacial score (nSPS) is 9.00. The van der Waals surface area contributed by atoms with E-state index >= 15 is 0 Å². The van der Waals surface area contributed by atoms with E-state index in [2.05, 4.69) is 4.98 Å². The van der Waals surface area contributed by atoms with Crippen LogP contribution in [0, 0.1) is 20.8 Å². The molecule has 0 aliphatic carbocycles. The average molecular weight is 448 g/mol. The number of nitrogen functional groups attached to an aromatic ring is 2. The molecule has 0 bridgehead atoms. The summed E-state index contributed by atoms with van der Waals surface area (Å²) in [6.45, 7) is 6.21. The number of anilines is 1. The Balaban J connectivity index is 0. The number of nitrogens with two attached hydrogens (primary N) is 2. The van der Waals surface area contributed by atoms with E-state index in [1.807, 2.05) is 27.0 Å². The van der Waals surface area contributed by atoms with Crippen molar-refractivity contribution in [2.75, 3.05) is 18.2 Å². The molecule has 0 fully saturated rings. The first-order valence-electron chi connectivity index (χ1n) is 5.56. The standard InChI is InChI=1S/C6H9NOS.C5H9N3S.2BrH/c1-5-7-4-6(9-5)2-3-8;1-3-4(2)9-5(6)8(3)7;;/h4,8H,2-3H2,1H3;6H,7H2,1-2H3;2*1H. The molecule has 2 rings (SSSR count). The average Bonchev–Trinajstić information content (AvgIpc) is 2.82. The number of nitrogens with one attached hydrogen (secondary N) is 1. The highest BCUT2D eigenvalue weighted by Crippen LogP contribution is 2.13. The van der Waals surface area contributed by atoms with Crippen molar-refractivity contribution in [1.29, 1.82) is 0 Å². The van der Waals surface area contributed by atoms with Crippen LogP contribution in [0.2, 0.25) is 0 Å². The molecule has 5 nitrogen and oxygen atoms in total. The van der Waals surface area contributed by atoms with Gasteiger partial charge < -0.3 is 39.1 Å².